The van der Waals surface area contributed by atoms with E-state index in [0.717, 1.165) is 0 Å². The van der Waals surface area contributed by atoms with Crippen molar-refractivity contribution in [2.75, 3.05) is 5.73 Å². The Morgan fingerprint density at radius 2 is 2.20 bits per heavy atom. The van der Waals surface area contributed by atoms with Gasteiger partial charge in [-0.2, -0.15) is 0 Å². The van der Waals surface area contributed by atoms with Gasteiger partial charge in [-0.1, -0.05) is 6.07 Å². The summed E-state index contributed by atoms with van der Waals surface area (Å²) in [6.45, 7) is 0. The average molecular weight is 139 g/mol. The molecule has 0 bridgehead atoms. The summed E-state index contributed by atoms with van der Waals surface area (Å²) in [5.41, 5.74) is 5.94. The molecule has 0 atom stereocenters. The van der Waals surface area contributed by atoms with Crippen LogP contribution in [-0.2, 0) is 0 Å². The van der Waals surface area contributed by atoms with Crippen LogP contribution in [0.3, 0.4) is 0 Å². The molecule has 0 aromatic heterocycles. The summed E-state index contributed by atoms with van der Waals surface area (Å²) in [5, 5.41) is 5.15. The lowest BCUT2D eigenvalue weighted by Crippen LogP contribution is -2.30. The third-order valence-corrected chi connectivity index (χ3v) is 1.27. The Hall–Kier alpha value is -1.38. The molecule has 0 aliphatic rings. The molecule has 4 N–H and O–H groups in total. The Morgan fingerprint density at radius 1 is 1.50 bits per heavy atom. The van der Waals surface area contributed by atoms with E-state index in [4.69, 9.17) is 11.1 Å². The van der Waals surface area contributed by atoms with Crippen molar-refractivity contribution in [3.8, 4) is 0 Å². The molecule has 1 rings (SSSR count). The fourth-order valence-electron chi connectivity index (χ4n) is 0.699. The van der Waals surface area contributed by atoms with E-state index < -0.39 is 5.82 Å². The zero-order valence-corrected chi connectivity index (χ0v) is 5.34. The molecular formula is C7H8FN2+. The Balaban J connectivity index is 3.27. The number of hydrogen-bond acceptors (Lipinski definition) is 1. The topological polar surface area (TPSA) is 51.6 Å². The van der Waals surface area contributed by atoms with E-state index in [1.807, 2.05) is 0 Å². The van der Waals surface area contributed by atoms with Gasteiger partial charge in [0, 0.05) is 0 Å². The Kier molecular flexibility index (Phi) is 1.67. The van der Waals surface area contributed by atoms with Gasteiger partial charge in [-0.05, 0) is 12.1 Å². The van der Waals surface area contributed by atoms with Crippen LogP contribution in [-0.4, -0.2) is 6.21 Å². The number of rotatable bonds is 1. The maximum Gasteiger partial charge on any atom is 0.169 e. The van der Waals surface area contributed by atoms with Crippen LogP contribution in [0.5, 0.6) is 0 Å². The first-order chi connectivity index (χ1) is 4.75. The van der Waals surface area contributed by atoms with E-state index in [2.05, 4.69) is 0 Å². The predicted octanol–water partition coefficient (Wildman–Crippen LogP) is -0.414. The maximum absolute atomic E-state index is 12.6. The number of anilines is 1. The third kappa shape index (κ3) is 0.978. The summed E-state index contributed by atoms with van der Waals surface area (Å²) in [5.74, 6) is -0.431. The van der Waals surface area contributed by atoms with Crippen LogP contribution in [0.2, 0.25) is 0 Å². The van der Waals surface area contributed by atoms with Gasteiger partial charge in [0.1, 0.15) is 5.82 Å². The average Bonchev–Trinajstić information content (AvgIpc) is 1.95. The van der Waals surface area contributed by atoms with Crippen molar-refractivity contribution >= 4 is 11.9 Å². The first kappa shape index (κ1) is 6.74. The quantitative estimate of drug-likeness (QED) is 0.403. The zero-order chi connectivity index (χ0) is 7.56. The molecule has 0 aliphatic carbocycles. The highest BCUT2D eigenvalue weighted by molar-refractivity contribution is 5.82. The molecule has 0 amide bonds. The van der Waals surface area contributed by atoms with Crippen molar-refractivity contribution in [1.29, 1.82) is 0 Å². The molecule has 0 saturated heterocycles. The molecule has 0 saturated carbocycles. The van der Waals surface area contributed by atoms with Gasteiger partial charge in [-0.3, -0.25) is 5.41 Å². The van der Waals surface area contributed by atoms with Crippen molar-refractivity contribution < 1.29 is 9.80 Å². The summed E-state index contributed by atoms with van der Waals surface area (Å²) >= 11 is 0. The lowest BCUT2D eigenvalue weighted by atomic mass is 10.2. The first-order valence-corrected chi connectivity index (χ1v) is 2.84. The summed E-state index contributed by atoms with van der Waals surface area (Å²) < 4.78 is 12.6. The van der Waals surface area contributed by atoms with Crippen LogP contribution in [0.25, 0.3) is 0 Å². The second-order valence-corrected chi connectivity index (χ2v) is 1.91. The number of nitrogens with two attached hydrogens (primary N) is 2. The Bertz CT molecular complexity index is 258. The van der Waals surface area contributed by atoms with Gasteiger partial charge in [-0.15, -0.1) is 0 Å². The van der Waals surface area contributed by atoms with Crippen molar-refractivity contribution in [3.05, 3.63) is 29.6 Å². The minimum absolute atomic E-state index is 0.102. The van der Waals surface area contributed by atoms with Crippen molar-refractivity contribution in [1.82, 2.24) is 0 Å². The normalized spacial score (nSPS) is 9.30. The summed E-state index contributed by atoms with van der Waals surface area (Å²) in [6.07, 6.45) is 1.28. The monoisotopic (exact) mass is 139 g/mol. The standard InChI is InChI=1S/C7H7FN2/c8-6-3-1-2-5(4-9)7(6)10/h1-4,9H,10H2/p+1. The van der Waals surface area contributed by atoms with Gasteiger partial charge in [0.15, 0.2) is 6.21 Å². The molecule has 10 heavy (non-hydrogen) atoms. The highest BCUT2D eigenvalue weighted by atomic mass is 19.1. The molecule has 1 aromatic rings. The number of para-hydroxylation sites is 1. The summed E-state index contributed by atoms with van der Waals surface area (Å²) in [7, 11) is 0. The fraction of sp³-hybridized carbons (Fsp3) is 0. The second kappa shape index (κ2) is 2.47. The molecule has 0 spiro atoms. The van der Waals surface area contributed by atoms with Gasteiger partial charge >= 0.3 is 0 Å². The third-order valence-electron chi connectivity index (χ3n) is 1.27. The van der Waals surface area contributed by atoms with Gasteiger partial charge < -0.3 is 5.73 Å². The first-order valence-electron chi connectivity index (χ1n) is 2.84. The molecule has 52 valence electrons. The second-order valence-electron chi connectivity index (χ2n) is 1.91. The Morgan fingerprint density at radius 3 is 2.70 bits per heavy atom. The van der Waals surface area contributed by atoms with E-state index in [9.17, 15) is 4.39 Å². The largest absolute Gasteiger partial charge is 0.396 e. The molecule has 3 heteroatoms. The molecule has 0 heterocycles. The number of halogens is 1. The van der Waals surface area contributed by atoms with Crippen LogP contribution < -0.4 is 11.1 Å². The van der Waals surface area contributed by atoms with Crippen LogP contribution in [0, 0.1) is 5.82 Å². The number of nitrogen functional groups attached to an aromatic ring is 1. The molecule has 2 nitrogen and oxygen atoms in total. The number of hydrogen-bond donors (Lipinski definition) is 2. The van der Waals surface area contributed by atoms with Crippen molar-refractivity contribution in [2.24, 2.45) is 0 Å². The van der Waals surface area contributed by atoms with Crippen molar-refractivity contribution in [3.63, 3.8) is 0 Å². The van der Waals surface area contributed by atoms with Crippen LogP contribution >= 0.6 is 0 Å². The van der Waals surface area contributed by atoms with Gasteiger partial charge in [0.05, 0.1) is 11.3 Å². The van der Waals surface area contributed by atoms with Gasteiger partial charge in [-0.25, -0.2) is 4.39 Å². The van der Waals surface area contributed by atoms with Gasteiger partial charge in [0.2, 0.25) is 0 Å². The predicted molar refractivity (Wildman–Crippen MR) is 37.9 cm³/mol. The van der Waals surface area contributed by atoms with Crippen LogP contribution in [0.4, 0.5) is 10.1 Å². The molecule has 0 unspecified atom stereocenters. The molecule has 0 radical (unpaired) electrons. The minimum atomic E-state index is -0.431. The SMILES string of the molecule is Nc1c(F)cccc1C=[NH2+]. The summed E-state index contributed by atoms with van der Waals surface area (Å²) in [6, 6.07) is 4.51. The van der Waals surface area contributed by atoms with Crippen LogP contribution in [0.1, 0.15) is 5.56 Å². The smallest absolute Gasteiger partial charge is 0.169 e. The highest BCUT2D eigenvalue weighted by Crippen LogP contribution is 2.12. The van der Waals surface area contributed by atoms with E-state index in [0.29, 0.717) is 5.56 Å². The molecule has 0 aliphatic heterocycles. The fourth-order valence-corrected chi connectivity index (χ4v) is 0.699. The van der Waals surface area contributed by atoms with E-state index in [1.54, 1.807) is 12.1 Å². The highest BCUT2D eigenvalue weighted by Gasteiger charge is 2.01. The lowest BCUT2D eigenvalue weighted by molar-refractivity contribution is -0.104. The zero-order valence-electron chi connectivity index (χ0n) is 5.34. The van der Waals surface area contributed by atoms with E-state index in [-0.39, 0.29) is 5.69 Å². The number of benzene rings is 1. The Labute approximate surface area is 58.0 Å². The van der Waals surface area contributed by atoms with E-state index in [1.165, 1.54) is 12.3 Å². The summed E-state index contributed by atoms with van der Waals surface area (Å²) in [4.78, 5) is 0. The minimum Gasteiger partial charge on any atom is -0.396 e. The lowest BCUT2D eigenvalue weighted by Gasteiger charge is -1.96. The molecule has 0 fully saturated rings. The maximum atomic E-state index is 12.6. The van der Waals surface area contributed by atoms with Gasteiger partial charge in [0.25, 0.3) is 0 Å². The van der Waals surface area contributed by atoms with Crippen molar-refractivity contribution in [2.45, 2.75) is 0 Å². The molecular weight excluding hydrogens is 131 g/mol. The van der Waals surface area contributed by atoms with Crippen LogP contribution in [0.15, 0.2) is 18.2 Å². The van der Waals surface area contributed by atoms with E-state index >= 15 is 0 Å². The molecule has 1 aromatic carbocycles.